The van der Waals surface area contributed by atoms with E-state index in [1.54, 1.807) is 36.4 Å². The van der Waals surface area contributed by atoms with Crippen molar-refractivity contribution in [3.05, 3.63) is 87.9 Å². The summed E-state index contributed by atoms with van der Waals surface area (Å²) in [4.78, 5) is 27.9. The van der Waals surface area contributed by atoms with E-state index < -0.39 is 17.7 Å². The number of halogens is 1. The quantitative estimate of drug-likeness (QED) is 0.323. The van der Waals surface area contributed by atoms with Crippen molar-refractivity contribution in [1.82, 2.24) is 0 Å². The predicted octanol–water partition coefficient (Wildman–Crippen LogP) is 5.01. The number of aliphatic hydroxyl groups is 1. The maximum Gasteiger partial charge on any atom is 0.300 e. The number of benzene rings is 3. The minimum Gasteiger partial charge on any atom is -0.507 e. The molecule has 5 rings (SSSR count). The van der Waals surface area contributed by atoms with Crippen LogP contribution in [0.1, 0.15) is 22.7 Å². The summed E-state index contributed by atoms with van der Waals surface area (Å²) in [6.45, 7) is 1.99. The van der Waals surface area contributed by atoms with E-state index >= 15 is 0 Å². The van der Waals surface area contributed by atoms with E-state index in [-0.39, 0.29) is 18.1 Å². The molecule has 2 aliphatic heterocycles. The molecule has 1 N–H and O–H groups in total. The first kappa shape index (κ1) is 21.9. The van der Waals surface area contributed by atoms with E-state index in [4.69, 9.17) is 25.8 Å². The van der Waals surface area contributed by atoms with Gasteiger partial charge in [-0.05, 0) is 48.9 Å². The zero-order chi connectivity index (χ0) is 24.0. The normalized spacial score (nSPS) is 18.4. The molecule has 0 bridgehead atoms. The average molecular weight is 478 g/mol. The third-order valence-corrected chi connectivity index (χ3v) is 6.16. The molecule has 0 aliphatic carbocycles. The number of hydrogen-bond acceptors (Lipinski definition) is 6. The highest BCUT2D eigenvalue weighted by Gasteiger charge is 2.47. The zero-order valence-corrected chi connectivity index (χ0v) is 19.1. The molecule has 3 aromatic rings. The van der Waals surface area contributed by atoms with E-state index in [0.717, 1.165) is 5.56 Å². The van der Waals surface area contributed by atoms with Crippen LogP contribution in [0.5, 0.6) is 17.2 Å². The smallest absolute Gasteiger partial charge is 0.300 e. The molecule has 2 aliphatic rings. The molecule has 0 aromatic heterocycles. The number of anilines is 1. The van der Waals surface area contributed by atoms with Gasteiger partial charge < -0.3 is 19.3 Å². The number of carbonyl (C=O) groups is 2. The van der Waals surface area contributed by atoms with Gasteiger partial charge in [-0.15, -0.1) is 0 Å². The van der Waals surface area contributed by atoms with Crippen molar-refractivity contribution >= 4 is 34.7 Å². The van der Waals surface area contributed by atoms with Crippen LogP contribution in [-0.4, -0.2) is 30.7 Å². The lowest BCUT2D eigenvalue weighted by Gasteiger charge is -2.26. The van der Waals surface area contributed by atoms with E-state index in [9.17, 15) is 14.7 Å². The zero-order valence-electron chi connectivity index (χ0n) is 18.4. The predicted molar refractivity (Wildman–Crippen MR) is 127 cm³/mol. The van der Waals surface area contributed by atoms with Gasteiger partial charge in [0.15, 0.2) is 11.5 Å². The van der Waals surface area contributed by atoms with Crippen LogP contribution in [0, 0.1) is 6.92 Å². The fourth-order valence-electron chi connectivity index (χ4n) is 4.26. The molecule has 0 radical (unpaired) electrons. The summed E-state index contributed by atoms with van der Waals surface area (Å²) in [5.74, 6) is -0.434. The SMILES string of the molecule is COc1ccc(N2C(=O)C(=O)/C(=C(\O)c3ccc4c(c3)OCO4)C2c2cccc(C)c2)cc1Cl. The van der Waals surface area contributed by atoms with E-state index in [0.29, 0.717) is 39.1 Å². The minimum atomic E-state index is -0.866. The number of aryl methyl sites for hydroxylation is 1. The van der Waals surface area contributed by atoms with Crippen LogP contribution in [-0.2, 0) is 9.59 Å². The van der Waals surface area contributed by atoms with Crippen LogP contribution in [0.25, 0.3) is 5.76 Å². The number of amides is 1. The second-order valence-electron chi connectivity index (χ2n) is 7.97. The summed E-state index contributed by atoms with van der Waals surface area (Å²) >= 11 is 6.32. The molecule has 1 amide bonds. The summed E-state index contributed by atoms with van der Waals surface area (Å²) in [6, 6.07) is 16.3. The second kappa shape index (κ2) is 8.43. The summed E-state index contributed by atoms with van der Waals surface area (Å²) in [5, 5.41) is 11.6. The molecule has 172 valence electrons. The van der Waals surface area contributed by atoms with Gasteiger partial charge in [-0.25, -0.2) is 0 Å². The summed E-state index contributed by atoms with van der Waals surface area (Å²) < 4.78 is 16.0. The van der Waals surface area contributed by atoms with Gasteiger partial charge in [-0.1, -0.05) is 41.4 Å². The highest BCUT2D eigenvalue weighted by Crippen LogP contribution is 2.44. The summed E-state index contributed by atoms with van der Waals surface area (Å²) in [7, 11) is 1.49. The Morgan fingerprint density at radius 3 is 2.59 bits per heavy atom. The Bertz CT molecular complexity index is 1370. The molecule has 1 atom stereocenters. The van der Waals surface area contributed by atoms with Crippen molar-refractivity contribution in [2.24, 2.45) is 0 Å². The number of fused-ring (bicyclic) bond motifs is 1. The molecular weight excluding hydrogens is 458 g/mol. The third kappa shape index (κ3) is 3.54. The van der Waals surface area contributed by atoms with Gasteiger partial charge in [0.2, 0.25) is 6.79 Å². The molecule has 0 saturated carbocycles. The van der Waals surface area contributed by atoms with Crippen LogP contribution >= 0.6 is 11.6 Å². The highest BCUT2D eigenvalue weighted by atomic mass is 35.5. The number of ether oxygens (including phenoxy) is 3. The van der Waals surface area contributed by atoms with Crippen molar-refractivity contribution in [2.45, 2.75) is 13.0 Å². The van der Waals surface area contributed by atoms with Gasteiger partial charge in [-0.3, -0.25) is 14.5 Å². The van der Waals surface area contributed by atoms with Crippen LogP contribution in [0.15, 0.2) is 66.2 Å². The Kier molecular flexibility index (Phi) is 5.42. The maximum atomic E-state index is 13.3. The van der Waals surface area contributed by atoms with Crippen molar-refractivity contribution in [2.75, 3.05) is 18.8 Å². The maximum absolute atomic E-state index is 13.3. The van der Waals surface area contributed by atoms with Crippen LogP contribution in [0.2, 0.25) is 5.02 Å². The molecule has 1 unspecified atom stereocenters. The Morgan fingerprint density at radius 2 is 1.85 bits per heavy atom. The molecule has 2 heterocycles. The lowest BCUT2D eigenvalue weighted by molar-refractivity contribution is -0.132. The Morgan fingerprint density at radius 1 is 1.06 bits per heavy atom. The van der Waals surface area contributed by atoms with Gasteiger partial charge in [0.25, 0.3) is 11.7 Å². The Labute approximate surface area is 200 Å². The average Bonchev–Trinajstić information content (AvgIpc) is 3.40. The largest absolute Gasteiger partial charge is 0.507 e. The number of ketones is 1. The molecule has 7 nitrogen and oxygen atoms in total. The van der Waals surface area contributed by atoms with Crippen LogP contribution in [0.3, 0.4) is 0 Å². The van der Waals surface area contributed by atoms with Crippen LogP contribution < -0.4 is 19.1 Å². The molecular formula is C26H20ClNO6. The molecule has 1 saturated heterocycles. The Balaban J connectivity index is 1.70. The second-order valence-corrected chi connectivity index (χ2v) is 8.38. The summed E-state index contributed by atoms with van der Waals surface area (Å²) in [6.07, 6.45) is 0. The summed E-state index contributed by atoms with van der Waals surface area (Å²) in [5.41, 5.74) is 2.34. The van der Waals surface area contributed by atoms with Crippen LogP contribution in [0.4, 0.5) is 5.69 Å². The monoisotopic (exact) mass is 477 g/mol. The van der Waals surface area contributed by atoms with Crippen molar-refractivity contribution in [1.29, 1.82) is 0 Å². The number of hydrogen-bond donors (Lipinski definition) is 1. The van der Waals surface area contributed by atoms with Gasteiger partial charge in [-0.2, -0.15) is 0 Å². The van der Waals surface area contributed by atoms with Crippen molar-refractivity contribution < 1.29 is 28.9 Å². The first-order chi connectivity index (χ1) is 16.4. The molecule has 8 heteroatoms. The first-order valence-electron chi connectivity index (χ1n) is 10.5. The lowest BCUT2D eigenvalue weighted by atomic mass is 9.94. The number of rotatable bonds is 4. The Hall–Kier alpha value is -3.97. The third-order valence-electron chi connectivity index (χ3n) is 5.86. The lowest BCUT2D eigenvalue weighted by Crippen LogP contribution is -2.29. The molecule has 34 heavy (non-hydrogen) atoms. The molecule has 3 aromatic carbocycles. The topological polar surface area (TPSA) is 85.3 Å². The first-order valence-corrected chi connectivity index (χ1v) is 10.9. The molecule has 0 spiro atoms. The van der Waals surface area contributed by atoms with Gasteiger partial charge >= 0.3 is 0 Å². The molecule has 1 fully saturated rings. The van der Waals surface area contributed by atoms with E-state index in [1.807, 2.05) is 31.2 Å². The van der Waals surface area contributed by atoms with Gasteiger partial charge in [0, 0.05) is 11.3 Å². The number of Topliss-reactive ketones (excluding diaryl/α,β-unsaturated/α-hetero) is 1. The number of aliphatic hydroxyl groups excluding tert-OH is 1. The van der Waals surface area contributed by atoms with Crippen molar-refractivity contribution in [3.8, 4) is 17.2 Å². The minimum absolute atomic E-state index is 0.0265. The number of nitrogens with zero attached hydrogens (tertiary/aromatic N) is 1. The number of methoxy groups -OCH3 is 1. The fourth-order valence-corrected chi connectivity index (χ4v) is 4.51. The van der Waals surface area contributed by atoms with E-state index in [1.165, 1.54) is 12.0 Å². The fraction of sp³-hybridized carbons (Fsp3) is 0.154. The highest BCUT2D eigenvalue weighted by molar-refractivity contribution is 6.51. The van der Waals surface area contributed by atoms with Gasteiger partial charge in [0.1, 0.15) is 11.5 Å². The number of carbonyl (C=O) groups excluding carboxylic acids is 2. The van der Waals surface area contributed by atoms with E-state index in [2.05, 4.69) is 0 Å². The van der Waals surface area contributed by atoms with Crippen molar-refractivity contribution in [3.63, 3.8) is 0 Å². The standard InChI is InChI=1S/C26H20ClNO6/c1-14-4-3-5-15(10-14)23-22(24(29)16-6-8-20-21(11-16)34-13-33-20)25(30)26(31)28(23)17-7-9-19(32-2)18(27)12-17/h3-12,23,29H,13H2,1-2H3/b24-22-. The van der Waals surface area contributed by atoms with Gasteiger partial charge in [0.05, 0.1) is 23.7 Å².